The highest BCUT2D eigenvalue weighted by Crippen LogP contribution is 2.17. The molecule has 0 atom stereocenters. The van der Waals surface area contributed by atoms with Gasteiger partial charge in [0, 0.05) is 48.7 Å². The molecule has 3 rings (SSSR count). The lowest BCUT2D eigenvalue weighted by Gasteiger charge is -2.20. The van der Waals surface area contributed by atoms with Gasteiger partial charge < -0.3 is 20.4 Å². The quantitative estimate of drug-likeness (QED) is 0.630. The maximum atomic E-state index is 12.8. The van der Waals surface area contributed by atoms with E-state index in [9.17, 15) is 14.4 Å². The Morgan fingerprint density at radius 3 is 2.12 bits per heavy atom. The Morgan fingerprint density at radius 2 is 1.45 bits per heavy atom. The number of likely N-dealkylation sites (tertiary alicyclic amines) is 1. The topological polar surface area (TPSA) is 81.8 Å². The first-order valence-electron chi connectivity index (χ1n) is 11.8. The van der Waals surface area contributed by atoms with Crippen LogP contribution in [0.1, 0.15) is 60.2 Å². The lowest BCUT2D eigenvalue weighted by atomic mass is 10.1. The third-order valence-corrected chi connectivity index (χ3v) is 5.90. The number of nitrogens with one attached hydrogen (secondary N) is 2. The number of benzene rings is 2. The molecule has 0 aliphatic carbocycles. The maximum Gasteiger partial charge on any atom is 0.253 e. The molecule has 7 nitrogen and oxygen atoms in total. The van der Waals surface area contributed by atoms with Crippen molar-refractivity contribution in [2.75, 3.05) is 43.4 Å². The fraction of sp³-hybridized carbons (Fsp3) is 0.423. The molecule has 7 heteroatoms. The minimum atomic E-state index is -0.227. The van der Waals surface area contributed by atoms with E-state index in [0.717, 1.165) is 25.9 Å². The number of anilines is 2. The van der Waals surface area contributed by atoms with Crippen molar-refractivity contribution in [3.8, 4) is 0 Å². The van der Waals surface area contributed by atoms with Gasteiger partial charge in [0.2, 0.25) is 5.91 Å². The molecule has 33 heavy (non-hydrogen) atoms. The van der Waals surface area contributed by atoms with Gasteiger partial charge in [-0.05, 0) is 63.1 Å². The van der Waals surface area contributed by atoms with E-state index in [1.807, 2.05) is 24.8 Å². The van der Waals surface area contributed by atoms with Crippen LogP contribution < -0.4 is 10.6 Å². The van der Waals surface area contributed by atoms with Crippen molar-refractivity contribution < 1.29 is 14.4 Å². The number of rotatable bonds is 8. The largest absolute Gasteiger partial charge is 0.376 e. The van der Waals surface area contributed by atoms with Gasteiger partial charge in [0.25, 0.3) is 11.8 Å². The lowest BCUT2D eigenvalue weighted by molar-refractivity contribution is -0.114. The molecular weight excluding hydrogens is 416 g/mol. The second-order valence-corrected chi connectivity index (χ2v) is 8.25. The van der Waals surface area contributed by atoms with Crippen LogP contribution in [0.15, 0.2) is 48.5 Å². The van der Waals surface area contributed by atoms with Crippen molar-refractivity contribution >= 4 is 29.1 Å². The van der Waals surface area contributed by atoms with Crippen LogP contribution in [0, 0.1) is 0 Å². The van der Waals surface area contributed by atoms with E-state index >= 15 is 0 Å². The van der Waals surface area contributed by atoms with Gasteiger partial charge in [0.15, 0.2) is 0 Å². The molecule has 0 saturated carbocycles. The predicted molar refractivity (Wildman–Crippen MR) is 132 cm³/mol. The summed E-state index contributed by atoms with van der Waals surface area (Å²) in [6.45, 7) is 6.82. The Kier molecular flexibility index (Phi) is 8.87. The van der Waals surface area contributed by atoms with E-state index in [2.05, 4.69) is 10.6 Å². The molecular formula is C26H34N4O3. The zero-order valence-corrected chi connectivity index (χ0v) is 19.6. The first-order chi connectivity index (χ1) is 16.0. The Balaban J connectivity index is 1.57. The maximum absolute atomic E-state index is 12.8. The summed E-state index contributed by atoms with van der Waals surface area (Å²) in [6, 6.07) is 14.2. The molecule has 0 bridgehead atoms. The number of carbonyl (C=O) groups is 3. The van der Waals surface area contributed by atoms with Crippen LogP contribution in [-0.2, 0) is 4.79 Å². The van der Waals surface area contributed by atoms with Gasteiger partial charge in [-0.1, -0.05) is 25.0 Å². The van der Waals surface area contributed by atoms with Crippen LogP contribution >= 0.6 is 0 Å². The van der Waals surface area contributed by atoms with Gasteiger partial charge in [-0.25, -0.2) is 0 Å². The summed E-state index contributed by atoms with van der Waals surface area (Å²) in [5.41, 5.74) is 2.47. The van der Waals surface area contributed by atoms with Crippen LogP contribution in [0.3, 0.4) is 0 Å². The monoisotopic (exact) mass is 450 g/mol. The number of nitrogens with zero attached hydrogens (tertiary/aromatic N) is 2. The molecule has 1 aliphatic heterocycles. The molecule has 1 fully saturated rings. The van der Waals surface area contributed by atoms with Crippen LogP contribution in [0.25, 0.3) is 0 Å². The Hall–Kier alpha value is -3.35. The van der Waals surface area contributed by atoms with Gasteiger partial charge in [-0.2, -0.15) is 0 Å². The number of amides is 3. The summed E-state index contributed by atoms with van der Waals surface area (Å²) in [5, 5.41) is 5.92. The van der Waals surface area contributed by atoms with E-state index < -0.39 is 0 Å². The molecule has 1 aliphatic rings. The summed E-state index contributed by atoms with van der Waals surface area (Å²) in [5.74, 6) is -0.241. The highest BCUT2D eigenvalue weighted by molar-refractivity contribution is 5.98. The predicted octanol–water partition coefficient (Wildman–Crippen LogP) is 4.24. The molecule has 0 unspecified atom stereocenters. The lowest BCUT2D eigenvalue weighted by Crippen LogP contribution is -2.31. The molecule has 0 radical (unpaired) electrons. The zero-order chi connectivity index (χ0) is 23.6. The van der Waals surface area contributed by atoms with Crippen LogP contribution in [-0.4, -0.2) is 60.2 Å². The van der Waals surface area contributed by atoms with E-state index in [-0.39, 0.29) is 24.3 Å². The third-order valence-electron chi connectivity index (χ3n) is 5.90. The number of hydrogen-bond acceptors (Lipinski definition) is 4. The summed E-state index contributed by atoms with van der Waals surface area (Å²) in [4.78, 5) is 41.5. The average Bonchev–Trinajstić information content (AvgIpc) is 3.13. The first-order valence-corrected chi connectivity index (χ1v) is 11.8. The van der Waals surface area contributed by atoms with Gasteiger partial charge in [0.05, 0.1) is 6.54 Å². The normalized spacial score (nSPS) is 13.7. The highest BCUT2D eigenvalue weighted by atomic mass is 16.2. The van der Waals surface area contributed by atoms with E-state index in [4.69, 9.17) is 0 Å². The zero-order valence-electron chi connectivity index (χ0n) is 19.6. The molecule has 2 aromatic rings. The fourth-order valence-corrected chi connectivity index (χ4v) is 4.03. The smallest absolute Gasteiger partial charge is 0.253 e. The Labute approximate surface area is 196 Å². The van der Waals surface area contributed by atoms with Crippen molar-refractivity contribution in [1.82, 2.24) is 9.80 Å². The molecule has 1 heterocycles. The molecule has 3 amide bonds. The van der Waals surface area contributed by atoms with E-state index in [1.54, 1.807) is 47.4 Å². The van der Waals surface area contributed by atoms with E-state index in [0.29, 0.717) is 35.6 Å². The van der Waals surface area contributed by atoms with Crippen molar-refractivity contribution in [2.45, 2.75) is 39.5 Å². The Morgan fingerprint density at radius 1 is 0.848 bits per heavy atom. The van der Waals surface area contributed by atoms with E-state index in [1.165, 1.54) is 12.8 Å². The fourth-order valence-electron chi connectivity index (χ4n) is 4.03. The highest BCUT2D eigenvalue weighted by Gasteiger charge is 2.18. The molecule has 0 spiro atoms. The van der Waals surface area contributed by atoms with Crippen LogP contribution in [0.5, 0.6) is 0 Å². The number of hydrogen-bond donors (Lipinski definition) is 2. The second-order valence-electron chi connectivity index (χ2n) is 8.25. The third kappa shape index (κ3) is 6.81. The molecule has 0 aromatic heterocycles. The Bertz CT molecular complexity index is 964. The number of carbonyl (C=O) groups excluding carboxylic acids is 3. The minimum absolute atomic E-state index is 0.0146. The van der Waals surface area contributed by atoms with Crippen LogP contribution in [0.4, 0.5) is 11.4 Å². The first kappa shape index (κ1) is 24.3. The molecule has 176 valence electrons. The standard InChI is InChI=1S/C26H34N4O3/c1-3-29(4-2)25(32)20-11-9-13-22(17-20)27-19-24(31)28-23-14-10-12-21(18-23)26(33)30-15-7-5-6-8-16-30/h9-14,17-18,27H,3-8,15-16,19H2,1-2H3,(H,28,31). The van der Waals surface area contributed by atoms with Gasteiger partial charge in [0.1, 0.15) is 0 Å². The van der Waals surface area contributed by atoms with Gasteiger partial charge in [-0.15, -0.1) is 0 Å². The minimum Gasteiger partial charge on any atom is -0.376 e. The molecule has 2 aromatic carbocycles. The second kappa shape index (κ2) is 12.0. The van der Waals surface area contributed by atoms with Crippen molar-refractivity contribution in [3.63, 3.8) is 0 Å². The molecule has 1 saturated heterocycles. The van der Waals surface area contributed by atoms with Crippen molar-refractivity contribution in [2.24, 2.45) is 0 Å². The summed E-state index contributed by atoms with van der Waals surface area (Å²) in [7, 11) is 0. The van der Waals surface area contributed by atoms with Crippen molar-refractivity contribution in [1.29, 1.82) is 0 Å². The summed E-state index contributed by atoms with van der Waals surface area (Å²) in [6.07, 6.45) is 4.41. The van der Waals surface area contributed by atoms with Gasteiger partial charge in [-0.3, -0.25) is 14.4 Å². The van der Waals surface area contributed by atoms with Crippen LogP contribution in [0.2, 0.25) is 0 Å². The van der Waals surface area contributed by atoms with Gasteiger partial charge >= 0.3 is 0 Å². The SMILES string of the molecule is CCN(CC)C(=O)c1cccc(NCC(=O)Nc2cccc(C(=O)N3CCCCCC3)c2)c1. The van der Waals surface area contributed by atoms with Crippen molar-refractivity contribution in [3.05, 3.63) is 59.7 Å². The summed E-state index contributed by atoms with van der Waals surface area (Å²) >= 11 is 0. The average molecular weight is 451 g/mol. The molecule has 2 N–H and O–H groups in total. The summed E-state index contributed by atoms with van der Waals surface area (Å²) < 4.78 is 0.